The molecule has 1 aromatic rings. The maximum absolute atomic E-state index is 11.8. The number of esters is 1. The van der Waals surface area contributed by atoms with Crippen molar-refractivity contribution >= 4 is 12.0 Å². The molecule has 1 aliphatic heterocycles. The molecule has 0 fully saturated rings. The van der Waals surface area contributed by atoms with Crippen LogP contribution < -0.4 is 10.6 Å². The van der Waals surface area contributed by atoms with Crippen molar-refractivity contribution in [2.75, 3.05) is 6.61 Å². The fourth-order valence-electron chi connectivity index (χ4n) is 2.09. The van der Waals surface area contributed by atoms with Crippen molar-refractivity contribution in [3.63, 3.8) is 0 Å². The second-order valence-corrected chi connectivity index (χ2v) is 4.37. The second-order valence-electron chi connectivity index (χ2n) is 4.37. The van der Waals surface area contributed by atoms with Crippen LogP contribution in [0.5, 0.6) is 5.75 Å². The molecular weight excluding hydrogens is 260 g/mol. The van der Waals surface area contributed by atoms with Gasteiger partial charge in [0.2, 0.25) is 0 Å². The highest BCUT2D eigenvalue weighted by Gasteiger charge is 2.30. The maximum atomic E-state index is 11.8. The summed E-state index contributed by atoms with van der Waals surface area (Å²) in [6.07, 6.45) is 0. The summed E-state index contributed by atoms with van der Waals surface area (Å²) in [6, 6.07) is 5.59. The number of carbonyl (C=O) groups is 2. The standard InChI is InChI=1S/C14H16N2O4/c1-3-20-13(18)12-8(2)11(15-14(19)16-12)9-6-4-5-7-10(9)17/h4-7,11,17H,3H2,1-2H3,(H2,15,16,19)/t11-/m0/s1. The van der Waals surface area contributed by atoms with E-state index in [4.69, 9.17) is 4.74 Å². The SMILES string of the molecule is CCOC(=O)C1=C(C)[C@@H](c2ccccc2O)NC(=O)N1. The molecule has 2 amide bonds. The summed E-state index contributed by atoms with van der Waals surface area (Å²) in [5.74, 6) is -0.525. The Kier molecular flexibility index (Phi) is 3.93. The maximum Gasteiger partial charge on any atom is 0.354 e. The number of benzene rings is 1. The number of hydrogen-bond acceptors (Lipinski definition) is 4. The zero-order valence-electron chi connectivity index (χ0n) is 11.3. The van der Waals surface area contributed by atoms with Crippen molar-refractivity contribution < 1.29 is 19.4 Å². The number of urea groups is 1. The molecule has 6 nitrogen and oxygen atoms in total. The zero-order valence-corrected chi connectivity index (χ0v) is 11.3. The van der Waals surface area contributed by atoms with Gasteiger partial charge in [-0.1, -0.05) is 18.2 Å². The molecule has 2 rings (SSSR count). The van der Waals surface area contributed by atoms with E-state index in [2.05, 4.69) is 10.6 Å². The third-order valence-corrected chi connectivity index (χ3v) is 3.07. The van der Waals surface area contributed by atoms with Gasteiger partial charge in [0.1, 0.15) is 11.4 Å². The van der Waals surface area contributed by atoms with Crippen LogP contribution in [0.2, 0.25) is 0 Å². The molecule has 106 valence electrons. The first-order valence-corrected chi connectivity index (χ1v) is 6.28. The highest BCUT2D eigenvalue weighted by molar-refractivity contribution is 5.96. The summed E-state index contributed by atoms with van der Waals surface area (Å²) in [7, 11) is 0. The van der Waals surface area contributed by atoms with Crippen LogP contribution in [0.1, 0.15) is 25.5 Å². The van der Waals surface area contributed by atoms with Crippen LogP contribution in [0.25, 0.3) is 0 Å². The Hall–Kier alpha value is -2.50. The molecule has 0 unspecified atom stereocenters. The summed E-state index contributed by atoms with van der Waals surface area (Å²) < 4.78 is 4.91. The Morgan fingerprint density at radius 2 is 2.10 bits per heavy atom. The fraction of sp³-hybridized carbons (Fsp3) is 0.286. The lowest BCUT2D eigenvalue weighted by Gasteiger charge is -2.28. The summed E-state index contributed by atoms with van der Waals surface area (Å²) in [4.78, 5) is 23.5. The van der Waals surface area contributed by atoms with Crippen molar-refractivity contribution in [2.45, 2.75) is 19.9 Å². The molecule has 6 heteroatoms. The van der Waals surface area contributed by atoms with E-state index in [1.807, 2.05) is 0 Å². The molecular formula is C14H16N2O4. The smallest absolute Gasteiger partial charge is 0.354 e. The molecule has 0 spiro atoms. The van der Waals surface area contributed by atoms with E-state index < -0.39 is 18.0 Å². The van der Waals surface area contributed by atoms with Crippen LogP contribution in [0.3, 0.4) is 0 Å². The first kappa shape index (κ1) is 13.9. The van der Waals surface area contributed by atoms with Gasteiger partial charge in [0.05, 0.1) is 12.6 Å². The average Bonchev–Trinajstić information content (AvgIpc) is 2.42. The predicted molar refractivity (Wildman–Crippen MR) is 71.8 cm³/mol. The molecule has 20 heavy (non-hydrogen) atoms. The van der Waals surface area contributed by atoms with E-state index in [0.717, 1.165) is 0 Å². The van der Waals surface area contributed by atoms with Crippen LogP contribution in [0.15, 0.2) is 35.5 Å². The molecule has 0 aliphatic carbocycles. The minimum Gasteiger partial charge on any atom is -0.508 e. The number of phenols is 1. The monoisotopic (exact) mass is 276 g/mol. The summed E-state index contributed by atoms with van der Waals surface area (Å²) in [5, 5.41) is 15.0. The first-order valence-electron chi connectivity index (χ1n) is 6.28. The normalized spacial score (nSPS) is 18.3. The van der Waals surface area contributed by atoms with Gasteiger partial charge in [-0.25, -0.2) is 9.59 Å². The van der Waals surface area contributed by atoms with E-state index in [1.165, 1.54) is 6.07 Å². The van der Waals surface area contributed by atoms with Crippen LogP contribution in [0, 0.1) is 0 Å². The van der Waals surface area contributed by atoms with Gasteiger partial charge in [-0.3, -0.25) is 0 Å². The van der Waals surface area contributed by atoms with Gasteiger partial charge in [-0.05, 0) is 25.5 Å². The number of phenolic OH excluding ortho intramolecular Hbond substituents is 1. The molecule has 3 N–H and O–H groups in total. The number of rotatable bonds is 3. The van der Waals surface area contributed by atoms with Gasteiger partial charge in [-0.15, -0.1) is 0 Å². The molecule has 0 bridgehead atoms. The van der Waals surface area contributed by atoms with Crippen molar-refractivity contribution in [3.8, 4) is 5.75 Å². The lowest BCUT2D eigenvalue weighted by atomic mass is 9.96. The minimum absolute atomic E-state index is 0.0576. The van der Waals surface area contributed by atoms with Crippen molar-refractivity contribution in [1.29, 1.82) is 0 Å². The predicted octanol–water partition coefficient (Wildman–Crippen LogP) is 1.58. The number of para-hydroxylation sites is 1. The van der Waals surface area contributed by atoms with E-state index in [1.54, 1.807) is 32.0 Å². The largest absolute Gasteiger partial charge is 0.508 e. The van der Waals surface area contributed by atoms with Gasteiger partial charge in [0.25, 0.3) is 0 Å². The third kappa shape index (κ3) is 2.59. The fourth-order valence-corrected chi connectivity index (χ4v) is 2.09. The molecule has 1 atom stereocenters. The van der Waals surface area contributed by atoms with Gasteiger partial charge in [-0.2, -0.15) is 0 Å². The topological polar surface area (TPSA) is 87.7 Å². The molecule has 1 aliphatic rings. The molecule has 0 radical (unpaired) electrons. The van der Waals surface area contributed by atoms with Gasteiger partial charge < -0.3 is 20.5 Å². The lowest BCUT2D eigenvalue weighted by Crippen LogP contribution is -2.45. The summed E-state index contributed by atoms with van der Waals surface area (Å²) in [5.41, 5.74) is 1.23. The number of ether oxygens (including phenoxy) is 1. The van der Waals surface area contributed by atoms with Gasteiger partial charge in [0, 0.05) is 5.56 Å². The van der Waals surface area contributed by atoms with Crippen LogP contribution in [-0.4, -0.2) is 23.7 Å². The van der Waals surface area contributed by atoms with Crippen LogP contribution in [0.4, 0.5) is 4.79 Å². The summed E-state index contributed by atoms with van der Waals surface area (Å²) in [6.45, 7) is 3.62. The highest BCUT2D eigenvalue weighted by atomic mass is 16.5. The Morgan fingerprint density at radius 3 is 2.75 bits per heavy atom. The Labute approximate surface area is 116 Å². The van der Waals surface area contributed by atoms with E-state index in [0.29, 0.717) is 11.1 Å². The molecule has 0 aromatic heterocycles. The Bertz CT molecular complexity index is 580. The zero-order chi connectivity index (χ0) is 14.7. The van der Waals surface area contributed by atoms with Crippen molar-refractivity contribution in [1.82, 2.24) is 10.6 Å². The second kappa shape index (κ2) is 5.64. The minimum atomic E-state index is -0.583. The lowest BCUT2D eigenvalue weighted by molar-refractivity contribution is -0.139. The van der Waals surface area contributed by atoms with E-state index in [9.17, 15) is 14.7 Å². The highest BCUT2D eigenvalue weighted by Crippen LogP contribution is 2.31. The quantitative estimate of drug-likeness (QED) is 0.731. The third-order valence-electron chi connectivity index (χ3n) is 3.07. The number of nitrogens with one attached hydrogen (secondary N) is 2. The molecule has 1 aromatic carbocycles. The number of aromatic hydroxyl groups is 1. The van der Waals surface area contributed by atoms with Gasteiger partial charge >= 0.3 is 12.0 Å². The summed E-state index contributed by atoms with van der Waals surface area (Å²) >= 11 is 0. The molecule has 0 saturated heterocycles. The Morgan fingerprint density at radius 1 is 1.40 bits per heavy atom. The number of hydrogen-bond donors (Lipinski definition) is 3. The van der Waals surface area contributed by atoms with E-state index in [-0.39, 0.29) is 18.1 Å². The number of amides is 2. The first-order chi connectivity index (χ1) is 9.54. The molecule has 1 heterocycles. The van der Waals surface area contributed by atoms with Gasteiger partial charge in [0.15, 0.2) is 0 Å². The van der Waals surface area contributed by atoms with Crippen molar-refractivity contribution in [2.24, 2.45) is 0 Å². The number of carbonyl (C=O) groups excluding carboxylic acids is 2. The van der Waals surface area contributed by atoms with Crippen molar-refractivity contribution in [3.05, 3.63) is 41.1 Å². The average molecular weight is 276 g/mol. The molecule has 0 saturated carbocycles. The van der Waals surface area contributed by atoms with E-state index >= 15 is 0 Å². The Balaban J connectivity index is 2.43. The van der Waals surface area contributed by atoms with Crippen LogP contribution >= 0.6 is 0 Å². The van der Waals surface area contributed by atoms with Crippen LogP contribution in [-0.2, 0) is 9.53 Å².